The molecule has 0 saturated carbocycles. The number of aryl methyl sites for hydroxylation is 1. The summed E-state index contributed by atoms with van der Waals surface area (Å²) < 4.78 is 0.825. The van der Waals surface area contributed by atoms with Crippen molar-refractivity contribution in [2.24, 2.45) is 5.92 Å². The Hall–Kier alpha value is -1.36. The average molecular weight is 353 g/mol. The van der Waals surface area contributed by atoms with Crippen molar-refractivity contribution in [1.29, 1.82) is 0 Å². The molecule has 4 nitrogen and oxygen atoms in total. The van der Waals surface area contributed by atoms with Gasteiger partial charge in [0, 0.05) is 4.47 Å². The third-order valence-electron chi connectivity index (χ3n) is 4.14. The summed E-state index contributed by atoms with van der Waals surface area (Å²) in [6.07, 6.45) is 0.841. The number of carbonyl (C=O) groups excluding carboxylic acids is 2. The van der Waals surface area contributed by atoms with Gasteiger partial charge in [-0.2, -0.15) is 0 Å². The maximum Gasteiger partial charge on any atom is 0.250 e. The lowest BCUT2D eigenvalue weighted by molar-refractivity contribution is -0.134. The highest BCUT2D eigenvalue weighted by atomic mass is 79.9. The first-order valence-electron chi connectivity index (χ1n) is 7.26. The van der Waals surface area contributed by atoms with E-state index in [1.54, 1.807) is 11.8 Å². The van der Waals surface area contributed by atoms with Crippen molar-refractivity contribution >= 4 is 33.4 Å². The molecule has 1 heterocycles. The standard InChI is InChI=1S/C16H21BrN2O2/c1-5-10(3)14-16(21)19(11(4)15(20)18-14)13-8-9(2)6-7-12(13)17/h6-8,10-11,14H,5H2,1-4H3,(H,18,20). The van der Waals surface area contributed by atoms with Crippen molar-refractivity contribution in [3.8, 4) is 0 Å². The van der Waals surface area contributed by atoms with Crippen LogP contribution in [-0.2, 0) is 9.59 Å². The van der Waals surface area contributed by atoms with E-state index in [1.165, 1.54) is 0 Å². The second-order valence-corrected chi connectivity index (χ2v) is 6.57. The van der Waals surface area contributed by atoms with E-state index in [0.717, 1.165) is 22.1 Å². The van der Waals surface area contributed by atoms with Crippen LogP contribution in [0.1, 0.15) is 32.8 Å². The average Bonchev–Trinajstić information content (AvgIpc) is 2.46. The molecule has 2 amide bonds. The van der Waals surface area contributed by atoms with Gasteiger partial charge in [0.2, 0.25) is 5.91 Å². The zero-order chi connectivity index (χ0) is 15.7. The van der Waals surface area contributed by atoms with E-state index in [2.05, 4.69) is 21.2 Å². The Labute approximate surface area is 134 Å². The lowest BCUT2D eigenvalue weighted by Crippen LogP contribution is -2.64. The van der Waals surface area contributed by atoms with Crippen molar-refractivity contribution in [1.82, 2.24) is 5.32 Å². The Morgan fingerprint density at radius 3 is 2.67 bits per heavy atom. The summed E-state index contributed by atoms with van der Waals surface area (Å²) in [6.45, 7) is 7.74. The molecule has 2 rings (SSSR count). The summed E-state index contributed by atoms with van der Waals surface area (Å²) in [7, 11) is 0. The van der Waals surface area contributed by atoms with E-state index in [-0.39, 0.29) is 17.7 Å². The zero-order valence-electron chi connectivity index (χ0n) is 12.8. The normalized spacial score (nSPS) is 24.0. The minimum Gasteiger partial charge on any atom is -0.342 e. The zero-order valence-corrected chi connectivity index (χ0v) is 14.4. The smallest absolute Gasteiger partial charge is 0.250 e. The summed E-state index contributed by atoms with van der Waals surface area (Å²) in [4.78, 5) is 26.7. The molecular formula is C16H21BrN2O2. The molecule has 3 atom stereocenters. The lowest BCUT2D eigenvalue weighted by Gasteiger charge is -2.39. The molecule has 5 heteroatoms. The van der Waals surface area contributed by atoms with Gasteiger partial charge in [-0.3, -0.25) is 14.5 Å². The molecule has 3 unspecified atom stereocenters. The highest BCUT2D eigenvalue weighted by molar-refractivity contribution is 9.10. The topological polar surface area (TPSA) is 49.4 Å². The van der Waals surface area contributed by atoms with Crippen molar-refractivity contribution in [2.45, 2.75) is 46.2 Å². The molecule has 0 aromatic heterocycles. The minimum absolute atomic E-state index is 0.0391. The Morgan fingerprint density at radius 2 is 2.05 bits per heavy atom. The molecule has 1 N–H and O–H groups in total. The van der Waals surface area contributed by atoms with Gasteiger partial charge in [0.25, 0.3) is 5.91 Å². The van der Waals surface area contributed by atoms with Gasteiger partial charge in [-0.15, -0.1) is 0 Å². The van der Waals surface area contributed by atoms with Crippen molar-refractivity contribution < 1.29 is 9.59 Å². The Kier molecular flexibility index (Phi) is 4.71. The van der Waals surface area contributed by atoms with Crippen LogP contribution in [-0.4, -0.2) is 23.9 Å². The molecular weight excluding hydrogens is 332 g/mol. The highest BCUT2D eigenvalue weighted by Gasteiger charge is 2.41. The van der Waals surface area contributed by atoms with E-state index in [1.807, 2.05) is 39.0 Å². The van der Waals surface area contributed by atoms with E-state index in [0.29, 0.717) is 0 Å². The fourth-order valence-corrected chi connectivity index (χ4v) is 2.99. The summed E-state index contributed by atoms with van der Waals surface area (Å²) in [5.41, 5.74) is 1.81. The number of nitrogens with zero attached hydrogens (tertiary/aromatic N) is 1. The fraction of sp³-hybridized carbons (Fsp3) is 0.500. The molecule has 1 aliphatic rings. The molecule has 21 heavy (non-hydrogen) atoms. The Bertz CT molecular complexity index is 573. The Balaban J connectivity index is 2.46. The number of hydrogen-bond donors (Lipinski definition) is 1. The second kappa shape index (κ2) is 6.18. The molecule has 0 bridgehead atoms. The van der Waals surface area contributed by atoms with Gasteiger partial charge >= 0.3 is 0 Å². The summed E-state index contributed by atoms with van der Waals surface area (Å²) in [6, 6.07) is 4.86. The number of hydrogen-bond acceptors (Lipinski definition) is 2. The van der Waals surface area contributed by atoms with Crippen LogP contribution in [0.15, 0.2) is 22.7 Å². The van der Waals surface area contributed by atoms with Gasteiger partial charge in [-0.1, -0.05) is 26.3 Å². The van der Waals surface area contributed by atoms with Crippen LogP contribution < -0.4 is 10.2 Å². The molecule has 0 spiro atoms. The van der Waals surface area contributed by atoms with E-state index in [9.17, 15) is 9.59 Å². The molecule has 1 aromatic carbocycles. The van der Waals surface area contributed by atoms with Gasteiger partial charge in [-0.05, 0) is 53.4 Å². The maximum absolute atomic E-state index is 12.8. The predicted octanol–water partition coefficient (Wildman–Crippen LogP) is 3.02. The number of rotatable bonds is 3. The number of carbonyl (C=O) groups is 2. The largest absolute Gasteiger partial charge is 0.342 e. The highest BCUT2D eigenvalue weighted by Crippen LogP contribution is 2.32. The van der Waals surface area contributed by atoms with E-state index < -0.39 is 12.1 Å². The first-order valence-corrected chi connectivity index (χ1v) is 8.05. The van der Waals surface area contributed by atoms with Gasteiger partial charge in [-0.25, -0.2) is 0 Å². The fourth-order valence-electron chi connectivity index (χ4n) is 2.55. The quantitative estimate of drug-likeness (QED) is 0.908. The van der Waals surface area contributed by atoms with Gasteiger partial charge in [0.1, 0.15) is 12.1 Å². The lowest BCUT2D eigenvalue weighted by atomic mass is 9.94. The number of anilines is 1. The van der Waals surface area contributed by atoms with Gasteiger partial charge in [0.05, 0.1) is 5.69 Å². The van der Waals surface area contributed by atoms with Crippen molar-refractivity contribution in [3.63, 3.8) is 0 Å². The van der Waals surface area contributed by atoms with Crippen LogP contribution in [0.25, 0.3) is 0 Å². The number of benzene rings is 1. The number of nitrogens with one attached hydrogen (secondary N) is 1. The Morgan fingerprint density at radius 1 is 1.38 bits per heavy atom. The SMILES string of the molecule is CCC(C)C1NC(=O)C(C)N(c2cc(C)ccc2Br)C1=O. The molecule has 1 fully saturated rings. The number of piperazine rings is 1. The van der Waals surface area contributed by atoms with Crippen LogP contribution in [0.4, 0.5) is 5.69 Å². The monoisotopic (exact) mass is 352 g/mol. The maximum atomic E-state index is 12.8. The molecule has 1 aliphatic heterocycles. The van der Waals surface area contributed by atoms with Crippen LogP contribution in [0.3, 0.4) is 0 Å². The van der Waals surface area contributed by atoms with Crippen LogP contribution >= 0.6 is 15.9 Å². The predicted molar refractivity (Wildman–Crippen MR) is 87.2 cm³/mol. The molecule has 114 valence electrons. The third kappa shape index (κ3) is 2.98. The van der Waals surface area contributed by atoms with Gasteiger partial charge < -0.3 is 5.32 Å². The van der Waals surface area contributed by atoms with Crippen molar-refractivity contribution in [3.05, 3.63) is 28.2 Å². The molecule has 0 radical (unpaired) electrons. The van der Waals surface area contributed by atoms with Crippen LogP contribution in [0.5, 0.6) is 0 Å². The minimum atomic E-state index is -0.504. The summed E-state index contributed by atoms with van der Waals surface area (Å²) >= 11 is 3.49. The van der Waals surface area contributed by atoms with Crippen molar-refractivity contribution in [2.75, 3.05) is 4.90 Å². The van der Waals surface area contributed by atoms with E-state index >= 15 is 0 Å². The number of halogens is 1. The molecule has 1 saturated heterocycles. The number of amides is 2. The summed E-state index contributed by atoms with van der Waals surface area (Å²) in [5, 5.41) is 2.85. The first-order chi connectivity index (χ1) is 9.86. The summed E-state index contributed by atoms with van der Waals surface area (Å²) in [5.74, 6) is -0.0314. The first kappa shape index (κ1) is 16.0. The molecule has 0 aliphatic carbocycles. The van der Waals surface area contributed by atoms with Crippen LogP contribution in [0, 0.1) is 12.8 Å². The third-order valence-corrected chi connectivity index (χ3v) is 4.81. The van der Waals surface area contributed by atoms with Crippen LogP contribution in [0.2, 0.25) is 0 Å². The molecule has 1 aromatic rings. The van der Waals surface area contributed by atoms with Gasteiger partial charge in [0.15, 0.2) is 0 Å². The second-order valence-electron chi connectivity index (χ2n) is 5.71. The van der Waals surface area contributed by atoms with E-state index in [4.69, 9.17) is 0 Å².